The minimum Gasteiger partial charge on any atom is -0.383 e. The quantitative estimate of drug-likeness (QED) is 0.503. The molecule has 0 aliphatic rings. The Bertz CT molecular complexity index is 676. The number of ether oxygens (including phenoxy) is 1. The van der Waals surface area contributed by atoms with Crippen LogP contribution in [-0.2, 0) is 22.6 Å². The van der Waals surface area contributed by atoms with Crippen LogP contribution in [0, 0.1) is 6.92 Å². The first-order valence-electron chi connectivity index (χ1n) is 10.1. The summed E-state index contributed by atoms with van der Waals surface area (Å²) in [7, 11) is 1.68. The lowest BCUT2D eigenvalue weighted by Gasteiger charge is -2.23. The molecule has 0 aliphatic carbocycles. The third-order valence-electron chi connectivity index (χ3n) is 4.91. The number of rotatable bonds is 12. The van der Waals surface area contributed by atoms with Gasteiger partial charge >= 0.3 is 0 Å². The second-order valence-electron chi connectivity index (χ2n) is 7.23. The first kappa shape index (κ1) is 21.2. The summed E-state index contributed by atoms with van der Waals surface area (Å²) in [4.78, 5) is 14.6. The van der Waals surface area contributed by atoms with E-state index in [4.69, 9.17) is 4.74 Å². The lowest BCUT2D eigenvalue weighted by molar-refractivity contribution is -0.132. The highest BCUT2D eigenvalue weighted by Crippen LogP contribution is 2.13. The summed E-state index contributed by atoms with van der Waals surface area (Å²) in [6, 6.07) is 12.8. The van der Waals surface area contributed by atoms with E-state index in [-0.39, 0.29) is 5.91 Å². The van der Waals surface area contributed by atoms with Crippen molar-refractivity contribution >= 4 is 5.91 Å². The van der Waals surface area contributed by atoms with Crippen LogP contribution in [0.2, 0.25) is 0 Å². The Labute approximate surface area is 164 Å². The molecule has 0 radical (unpaired) electrons. The minimum absolute atomic E-state index is 0.228. The van der Waals surface area contributed by atoms with Crippen LogP contribution in [0.5, 0.6) is 0 Å². The van der Waals surface area contributed by atoms with Gasteiger partial charge in [0, 0.05) is 38.5 Å². The van der Waals surface area contributed by atoms with E-state index in [2.05, 4.69) is 61.0 Å². The van der Waals surface area contributed by atoms with Gasteiger partial charge in [0.15, 0.2) is 0 Å². The van der Waals surface area contributed by atoms with Crippen molar-refractivity contribution in [2.24, 2.45) is 0 Å². The standard InChI is InChI=1S/C23H34N2O2/c1-4-5-6-7-10-23(26)25(16-17-27-3)19-22-9-8-15-24(22)18-21-13-11-20(2)12-14-21/h8-9,11-15H,4-7,10,16-19H2,1-3H3. The summed E-state index contributed by atoms with van der Waals surface area (Å²) in [5.41, 5.74) is 3.70. The van der Waals surface area contributed by atoms with Crippen molar-refractivity contribution < 1.29 is 9.53 Å². The van der Waals surface area contributed by atoms with Gasteiger partial charge in [0.05, 0.1) is 13.2 Å². The molecular weight excluding hydrogens is 336 g/mol. The summed E-state index contributed by atoms with van der Waals surface area (Å²) in [5, 5.41) is 0. The number of methoxy groups -OCH3 is 1. The van der Waals surface area contributed by atoms with E-state index >= 15 is 0 Å². The van der Waals surface area contributed by atoms with E-state index in [1.165, 1.54) is 24.0 Å². The van der Waals surface area contributed by atoms with Crippen molar-refractivity contribution in [3.63, 3.8) is 0 Å². The third kappa shape index (κ3) is 7.22. The molecule has 0 spiro atoms. The predicted octanol–water partition coefficient (Wildman–Crippen LogP) is 4.79. The van der Waals surface area contributed by atoms with Gasteiger partial charge in [0.1, 0.15) is 0 Å². The number of aromatic nitrogens is 1. The first-order chi connectivity index (χ1) is 13.1. The number of carbonyl (C=O) groups excluding carboxylic acids is 1. The highest BCUT2D eigenvalue weighted by atomic mass is 16.5. The Morgan fingerprint density at radius 2 is 1.89 bits per heavy atom. The minimum atomic E-state index is 0.228. The van der Waals surface area contributed by atoms with E-state index in [0.29, 0.717) is 26.1 Å². The smallest absolute Gasteiger partial charge is 0.222 e. The van der Waals surface area contributed by atoms with Crippen LogP contribution in [0.15, 0.2) is 42.6 Å². The second-order valence-corrected chi connectivity index (χ2v) is 7.23. The van der Waals surface area contributed by atoms with Gasteiger partial charge < -0.3 is 14.2 Å². The number of amides is 1. The lowest BCUT2D eigenvalue weighted by atomic mass is 10.1. The lowest BCUT2D eigenvalue weighted by Crippen LogP contribution is -2.34. The Morgan fingerprint density at radius 1 is 1.11 bits per heavy atom. The van der Waals surface area contributed by atoms with Crippen LogP contribution in [0.25, 0.3) is 0 Å². The number of aryl methyl sites for hydroxylation is 1. The molecule has 2 aromatic rings. The van der Waals surface area contributed by atoms with E-state index in [1.807, 2.05) is 4.90 Å². The molecule has 1 aromatic carbocycles. The van der Waals surface area contributed by atoms with Crippen LogP contribution in [0.3, 0.4) is 0 Å². The zero-order chi connectivity index (χ0) is 19.5. The maximum atomic E-state index is 12.7. The van der Waals surface area contributed by atoms with Gasteiger partial charge in [-0.3, -0.25) is 4.79 Å². The normalized spacial score (nSPS) is 10.9. The summed E-state index contributed by atoms with van der Waals surface area (Å²) >= 11 is 0. The molecular formula is C23H34N2O2. The molecule has 2 rings (SSSR count). The highest BCUT2D eigenvalue weighted by molar-refractivity contribution is 5.76. The van der Waals surface area contributed by atoms with Gasteiger partial charge in [-0.05, 0) is 31.0 Å². The zero-order valence-electron chi connectivity index (χ0n) is 17.1. The van der Waals surface area contributed by atoms with Gasteiger partial charge in [0.25, 0.3) is 0 Å². The van der Waals surface area contributed by atoms with E-state index in [0.717, 1.165) is 25.1 Å². The van der Waals surface area contributed by atoms with Crippen molar-refractivity contribution in [2.45, 2.75) is 59.0 Å². The predicted molar refractivity (Wildman–Crippen MR) is 111 cm³/mol. The van der Waals surface area contributed by atoms with Crippen molar-refractivity contribution in [2.75, 3.05) is 20.3 Å². The SMILES string of the molecule is CCCCCCC(=O)N(CCOC)Cc1cccn1Cc1ccc(C)cc1. The fourth-order valence-corrected chi connectivity index (χ4v) is 3.19. The Morgan fingerprint density at radius 3 is 2.59 bits per heavy atom. The molecule has 148 valence electrons. The Hall–Kier alpha value is -2.07. The molecule has 1 heterocycles. The fourth-order valence-electron chi connectivity index (χ4n) is 3.19. The molecule has 0 aliphatic heterocycles. The summed E-state index contributed by atoms with van der Waals surface area (Å²) in [6.07, 6.45) is 7.21. The summed E-state index contributed by atoms with van der Waals surface area (Å²) in [6.45, 7) is 6.96. The molecule has 0 unspecified atom stereocenters. The molecule has 0 N–H and O–H groups in total. The van der Waals surface area contributed by atoms with Gasteiger partial charge in [-0.2, -0.15) is 0 Å². The monoisotopic (exact) mass is 370 g/mol. The fraction of sp³-hybridized carbons (Fsp3) is 0.522. The van der Waals surface area contributed by atoms with E-state index in [1.54, 1.807) is 7.11 Å². The molecule has 4 nitrogen and oxygen atoms in total. The zero-order valence-corrected chi connectivity index (χ0v) is 17.1. The van der Waals surface area contributed by atoms with Crippen molar-refractivity contribution in [1.29, 1.82) is 0 Å². The molecule has 1 aromatic heterocycles. The van der Waals surface area contributed by atoms with Gasteiger partial charge in [-0.25, -0.2) is 0 Å². The van der Waals surface area contributed by atoms with Crippen LogP contribution in [0.4, 0.5) is 0 Å². The third-order valence-corrected chi connectivity index (χ3v) is 4.91. The van der Waals surface area contributed by atoms with Crippen molar-refractivity contribution in [3.05, 3.63) is 59.4 Å². The number of nitrogens with zero attached hydrogens (tertiary/aromatic N) is 2. The maximum Gasteiger partial charge on any atom is 0.222 e. The van der Waals surface area contributed by atoms with Gasteiger partial charge in [-0.1, -0.05) is 56.0 Å². The van der Waals surface area contributed by atoms with E-state index in [9.17, 15) is 4.79 Å². The van der Waals surface area contributed by atoms with Crippen LogP contribution in [0.1, 0.15) is 55.8 Å². The van der Waals surface area contributed by atoms with E-state index < -0.39 is 0 Å². The number of benzene rings is 1. The second kappa shape index (κ2) is 11.6. The van der Waals surface area contributed by atoms with Gasteiger partial charge in [-0.15, -0.1) is 0 Å². The summed E-state index contributed by atoms with van der Waals surface area (Å²) in [5.74, 6) is 0.228. The van der Waals surface area contributed by atoms with Crippen molar-refractivity contribution in [3.8, 4) is 0 Å². The van der Waals surface area contributed by atoms with Crippen LogP contribution >= 0.6 is 0 Å². The van der Waals surface area contributed by atoms with Gasteiger partial charge in [0.2, 0.25) is 5.91 Å². The molecule has 0 saturated carbocycles. The first-order valence-corrected chi connectivity index (χ1v) is 10.1. The average molecular weight is 371 g/mol. The van der Waals surface area contributed by atoms with Crippen molar-refractivity contribution in [1.82, 2.24) is 9.47 Å². The van der Waals surface area contributed by atoms with Crippen LogP contribution < -0.4 is 0 Å². The molecule has 0 atom stereocenters. The molecule has 0 bridgehead atoms. The molecule has 0 fully saturated rings. The summed E-state index contributed by atoms with van der Waals surface area (Å²) < 4.78 is 7.45. The number of hydrogen-bond donors (Lipinski definition) is 0. The Balaban J connectivity index is 2.00. The topological polar surface area (TPSA) is 34.5 Å². The number of carbonyl (C=O) groups is 1. The largest absolute Gasteiger partial charge is 0.383 e. The number of hydrogen-bond acceptors (Lipinski definition) is 2. The maximum absolute atomic E-state index is 12.7. The molecule has 4 heteroatoms. The number of unbranched alkanes of at least 4 members (excludes halogenated alkanes) is 3. The highest BCUT2D eigenvalue weighted by Gasteiger charge is 2.15. The Kier molecular flexibility index (Phi) is 9.12. The van der Waals surface area contributed by atoms with Crippen LogP contribution in [-0.4, -0.2) is 35.6 Å². The average Bonchev–Trinajstić information content (AvgIpc) is 3.10. The molecule has 0 saturated heterocycles. The molecule has 27 heavy (non-hydrogen) atoms. The molecule has 1 amide bonds.